The lowest BCUT2D eigenvalue weighted by atomic mass is 9.77. The van der Waals surface area contributed by atoms with Gasteiger partial charge in [-0.15, -0.1) is 0 Å². The van der Waals surface area contributed by atoms with Crippen LogP contribution in [0.25, 0.3) is 11.2 Å². The molecule has 3 rings (SSSR count). The summed E-state index contributed by atoms with van der Waals surface area (Å²) in [7, 11) is 2.11. The van der Waals surface area contributed by atoms with Crippen LogP contribution in [0.15, 0.2) is 18.3 Å². The molecule has 1 saturated heterocycles. The lowest BCUT2D eigenvalue weighted by molar-refractivity contribution is 0.283. The molecule has 0 radical (unpaired) electrons. The van der Waals surface area contributed by atoms with E-state index in [-0.39, 0.29) is 5.41 Å². The van der Waals surface area contributed by atoms with Crippen molar-refractivity contribution in [3.8, 4) is 0 Å². The predicted molar refractivity (Wildman–Crippen MR) is 72.6 cm³/mol. The van der Waals surface area contributed by atoms with Crippen LogP contribution in [-0.2, 0) is 12.5 Å². The van der Waals surface area contributed by atoms with Crippen LogP contribution in [0.4, 0.5) is 0 Å². The van der Waals surface area contributed by atoms with Gasteiger partial charge in [0.15, 0.2) is 5.65 Å². The second kappa shape index (κ2) is 4.35. The maximum absolute atomic E-state index is 4.79. The van der Waals surface area contributed by atoms with Crippen LogP contribution >= 0.6 is 0 Å². The maximum Gasteiger partial charge on any atom is 0.177 e. The highest BCUT2D eigenvalue weighted by molar-refractivity contribution is 5.71. The van der Waals surface area contributed by atoms with Gasteiger partial charge in [-0.1, -0.05) is 6.92 Å². The number of hydrogen-bond acceptors (Lipinski definition) is 3. The van der Waals surface area contributed by atoms with Gasteiger partial charge in [0.2, 0.25) is 0 Å². The van der Waals surface area contributed by atoms with Gasteiger partial charge >= 0.3 is 0 Å². The van der Waals surface area contributed by atoms with Crippen LogP contribution in [0, 0.1) is 0 Å². The van der Waals surface area contributed by atoms with Gasteiger partial charge in [-0.3, -0.25) is 0 Å². The zero-order valence-electron chi connectivity index (χ0n) is 11.1. The number of piperidine rings is 1. The Hall–Kier alpha value is -1.42. The van der Waals surface area contributed by atoms with E-state index in [0.29, 0.717) is 0 Å². The summed E-state index contributed by atoms with van der Waals surface area (Å²) in [4.78, 5) is 9.16. The summed E-state index contributed by atoms with van der Waals surface area (Å²) < 4.78 is 2.22. The Kier molecular flexibility index (Phi) is 2.82. The Balaban J connectivity index is 2.14. The van der Waals surface area contributed by atoms with Crippen LogP contribution in [0.5, 0.6) is 0 Å². The molecular formula is C14H20N4. The molecule has 4 heteroatoms. The fourth-order valence-electron chi connectivity index (χ4n) is 3.12. The Morgan fingerprint density at radius 3 is 3.06 bits per heavy atom. The van der Waals surface area contributed by atoms with Crippen LogP contribution < -0.4 is 5.32 Å². The first-order valence-electron chi connectivity index (χ1n) is 6.75. The van der Waals surface area contributed by atoms with E-state index >= 15 is 0 Å². The van der Waals surface area contributed by atoms with E-state index in [1.807, 2.05) is 12.3 Å². The first kappa shape index (κ1) is 11.7. The van der Waals surface area contributed by atoms with Gasteiger partial charge in [0, 0.05) is 25.2 Å². The van der Waals surface area contributed by atoms with Gasteiger partial charge in [0.05, 0.1) is 5.52 Å². The highest BCUT2D eigenvalue weighted by Gasteiger charge is 2.36. The molecule has 18 heavy (non-hydrogen) atoms. The van der Waals surface area contributed by atoms with Crippen molar-refractivity contribution >= 4 is 11.2 Å². The summed E-state index contributed by atoms with van der Waals surface area (Å²) in [6.07, 6.45) is 5.38. The molecule has 1 N–H and O–H groups in total. The molecule has 0 bridgehead atoms. The monoisotopic (exact) mass is 244 g/mol. The minimum atomic E-state index is 0.174. The van der Waals surface area contributed by atoms with Gasteiger partial charge in [-0.25, -0.2) is 9.97 Å². The van der Waals surface area contributed by atoms with E-state index in [1.165, 1.54) is 18.7 Å². The third-order valence-electron chi connectivity index (χ3n) is 4.28. The number of hydrogen-bond donors (Lipinski definition) is 1. The number of aromatic nitrogens is 3. The Morgan fingerprint density at radius 2 is 2.39 bits per heavy atom. The fourth-order valence-corrected chi connectivity index (χ4v) is 3.12. The summed E-state index contributed by atoms with van der Waals surface area (Å²) in [5.74, 6) is 1.19. The minimum absolute atomic E-state index is 0.174. The number of rotatable bonds is 2. The van der Waals surface area contributed by atoms with Crippen LogP contribution in [-0.4, -0.2) is 27.6 Å². The molecule has 4 nitrogen and oxygen atoms in total. The summed E-state index contributed by atoms with van der Waals surface area (Å²) in [6.45, 7) is 4.42. The van der Waals surface area contributed by atoms with Crippen LogP contribution in [0.1, 0.15) is 32.0 Å². The first-order chi connectivity index (χ1) is 8.77. The van der Waals surface area contributed by atoms with Gasteiger partial charge in [0.1, 0.15) is 5.82 Å². The molecule has 1 aliphatic heterocycles. The quantitative estimate of drug-likeness (QED) is 0.878. The van der Waals surface area contributed by atoms with Crippen LogP contribution in [0.3, 0.4) is 0 Å². The molecule has 1 unspecified atom stereocenters. The third-order valence-corrected chi connectivity index (χ3v) is 4.28. The highest BCUT2D eigenvalue weighted by atomic mass is 15.1. The fraction of sp³-hybridized carbons (Fsp3) is 0.571. The van der Waals surface area contributed by atoms with Crippen molar-refractivity contribution in [1.29, 1.82) is 0 Å². The third kappa shape index (κ3) is 1.63. The highest BCUT2D eigenvalue weighted by Crippen LogP contribution is 2.34. The smallest absolute Gasteiger partial charge is 0.177 e. The van der Waals surface area contributed by atoms with Crippen molar-refractivity contribution in [2.45, 2.75) is 31.6 Å². The average molecular weight is 244 g/mol. The second-order valence-corrected chi connectivity index (χ2v) is 5.25. The lowest BCUT2D eigenvalue weighted by Crippen LogP contribution is -2.44. The molecule has 0 aliphatic carbocycles. The summed E-state index contributed by atoms with van der Waals surface area (Å²) in [5.41, 5.74) is 2.17. The number of nitrogens with zero attached hydrogens (tertiary/aromatic N) is 3. The number of fused-ring (bicyclic) bond motifs is 1. The molecule has 2 aromatic heterocycles. The molecule has 0 aromatic carbocycles. The van der Waals surface area contributed by atoms with Crippen LogP contribution in [0.2, 0.25) is 0 Å². The molecule has 0 spiro atoms. The van der Waals surface area contributed by atoms with E-state index in [0.717, 1.165) is 30.7 Å². The molecule has 1 atom stereocenters. The van der Waals surface area contributed by atoms with E-state index in [2.05, 4.69) is 34.9 Å². The zero-order valence-corrected chi connectivity index (χ0v) is 11.1. The van der Waals surface area contributed by atoms with Crippen molar-refractivity contribution in [2.75, 3.05) is 13.1 Å². The average Bonchev–Trinajstić information content (AvgIpc) is 2.78. The zero-order chi connectivity index (χ0) is 12.6. The van der Waals surface area contributed by atoms with E-state index in [4.69, 9.17) is 4.98 Å². The molecule has 1 fully saturated rings. The Labute approximate surface area is 107 Å². The number of nitrogens with one attached hydrogen (secondary N) is 1. The molecule has 96 valence electrons. The predicted octanol–water partition coefficient (Wildman–Crippen LogP) is 2.00. The second-order valence-electron chi connectivity index (χ2n) is 5.25. The summed E-state index contributed by atoms with van der Waals surface area (Å²) >= 11 is 0. The largest absolute Gasteiger partial charge is 0.329 e. The Morgan fingerprint density at radius 1 is 1.50 bits per heavy atom. The topological polar surface area (TPSA) is 42.7 Å². The number of imidazole rings is 1. The van der Waals surface area contributed by atoms with Crippen molar-refractivity contribution < 1.29 is 0 Å². The molecule has 0 saturated carbocycles. The Bertz CT molecular complexity index is 552. The summed E-state index contributed by atoms with van der Waals surface area (Å²) in [5, 5.41) is 3.52. The van der Waals surface area contributed by atoms with Crippen molar-refractivity contribution in [1.82, 2.24) is 19.9 Å². The molecule has 1 aliphatic rings. The molecule has 3 heterocycles. The standard InChI is InChI=1S/C14H20N4/c1-3-14(7-5-8-15-10-14)13-17-12-11(18(13)2)6-4-9-16-12/h4,6,9,15H,3,5,7-8,10H2,1-2H3. The van der Waals surface area contributed by atoms with E-state index in [1.54, 1.807) is 0 Å². The van der Waals surface area contributed by atoms with Gasteiger partial charge in [-0.05, 0) is 37.9 Å². The number of pyridine rings is 1. The lowest BCUT2D eigenvalue weighted by Gasteiger charge is -2.36. The van der Waals surface area contributed by atoms with Gasteiger partial charge < -0.3 is 9.88 Å². The minimum Gasteiger partial charge on any atom is -0.329 e. The summed E-state index contributed by atoms with van der Waals surface area (Å²) in [6, 6.07) is 4.07. The van der Waals surface area contributed by atoms with Crippen molar-refractivity contribution in [3.63, 3.8) is 0 Å². The van der Waals surface area contributed by atoms with Gasteiger partial charge in [0.25, 0.3) is 0 Å². The maximum atomic E-state index is 4.79. The SMILES string of the molecule is CCC1(c2nc3ncccc3n2C)CCCNC1. The van der Waals surface area contributed by atoms with E-state index in [9.17, 15) is 0 Å². The van der Waals surface area contributed by atoms with Gasteiger partial charge in [-0.2, -0.15) is 0 Å². The van der Waals surface area contributed by atoms with E-state index < -0.39 is 0 Å². The molecular weight excluding hydrogens is 224 g/mol. The molecule has 2 aromatic rings. The normalized spacial score (nSPS) is 24.6. The van der Waals surface area contributed by atoms with Crippen molar-refractivity contribution in [2.24, 2.45) is 7.05 Å². The molecule has 0 amide bonds. The first-order valence-corrected chi connectivity index (χ1v) is 6.75. The van der Waals surface area contributed by atoms with Crippen molar-refractivity contribution in [3.05, 3.63) is 24.2 Å². The number of aryl methyl sites for hydroxylation is 1.